The molecule has 2 heterocycles. The van der Waals surface area contributed by atoms with Crippen molar-refractivity contribution < 1.29 is 17.6 Å². The van der Waals surface area contributed by atoms with Gasteiger partial charge in [-0.1, -0.05) is 56.6 Å². The summed E-state index contributed by atoms with van der Waals surface area (Å²) in [5, 5.41) is 1.48. The monoisotopic (exact) mass is 473 g/mol. The largest absolute Gasteiger partial charge is 0.464 e. The molecule has 4 rings (SSSR count). The Kier molecular flexibility index (Phi) is 6.12. The number of sulfone groups is 1. The summed E-state index contributed by atoms with van der Waals surface area (Å²) >= 11 is 6.35. The Bertz CT molecular complexity index is 1260. The van der Waals surface area contributed by atoms with Gasteiger partial charge in [0.25, 0.3) is 0 Å². The molecule has 1 aliphatic heterocycles. The Labute approximate surface area is 194 Å². The number of benzene rings is 2. The Morgan fingerprint density at radius 3 is 2.56 bits per heavy atom. The number of carbonyl (C=O) groups excluding carboxylic acids is 1. The van der Waals surface area contributed by atoms with E-state index in [0.717, 1.165) is 27.7 Å². The smallest absolute Gasteiger partial charge is 0.227 e. The molecule has 5 nitrogen and oxygen atoms in total. The maximum absolute atomic E-state index is 13.5. The number of halogens is 1. The highest BCUT2D eigenvalue weighted by atomic mass is 35.5. The summed E-state index contributed by atoms with van der Waals surface area (Å²) in [5.74, 6) is -0.0345. The number of rotatable bonds is 5. The first-order chi connectivity index (χ1) is 15.0. The summed E-state index contributed by atoms with van der Waals surface area (Å²) in [4.78, 5) is 15.2. The molecule has 0 spiro atoms. The van der Waals surface area contributed by atoms with Gasteiger partial charge in [0.2, 0.25) is 5.91 Å². The van der Waals surface area contributed by atoms with Crippen LogP contribution >= 0.6 is 11.6 Å². The van der Waals surface area contributed by atoms with E-state index in [-0.39, 0.29) is 41.8 Å². The third-order valence-electron chi connectivity index (χ3n) is 6.13. The second-order valence-electron chi connectivity index (χ2n) is 9.57. The van der Waals surface area contributed by atoms with Gasteiger partial charge in [-0.2, -0.15) is 0 Å². The minimum Gasteiger partial charge on any atom is -0.464 e. The van der Waals surface area contributed by atoms with Crippen LogP contribution in [0.2, 0.25) is 5.02 Å². The Hall–Kier alpha value is -2.31. The van der Waals surface area contributed by atoms with Crippen LogP contribution in [0.1, 0.15) is 43.9 Å². The van der Waals surface area contributed by atoms with E-state index in [1.165, 1.54) is 0 Å². The van der Waals surface area contributed by atoms with Gasteiger partial charge >= 0.3 is 0 Å². The van der Waals surface area contributed by atoms with E-state index in [1.54, 1.807) is 17.2 Å². The van der Waals surface area contributed by atoms with Crippen LogP contribution in [0.15, 0.2) is 53.1 Å². The number of nitrogens with zero attached hydrogens (tertiary/aromatic N) is 1. The quantitative estimate of drug-likeness (QED) is 0.514. The molecule has 1 amide bonds. The van der Waals surface area contributed by atoms with Gasteiger partial charge in [-0.3, -0.25) is 4.79 Å². The van der Waals surface area contributed by atoms with E-state index in [0.29, 0.717) is 11.4 Å². The third-order valence-corrected chi connectivity index (χ3v) is 8.25. The van der Waals surface area contributed by atoms with Crippen molar-refractivity contribution in [1.82, 2.24) is 4.90 Å². The van der Waals surface area contributed by atoms with Crippen LogP contribution in [0.3, 0.4) is 0 Å². The second kappa shape index (κ2) is 8.56. The molecule has 32 heavy (non-hydrogen) atoms. The molecule has 1 aromatic heterocycles. The highest BCUT2D eigenvalue weighted by molar-refractivity contribution is 7.91. The molecule has 2 aromatic carbocycles. The molecule has 1 unspecified atom stereocenters. The zero-order valence-corrected chi connectivity index (χ0v) is 20.2. The first-order valence-corrected chi connectivity index (χ1v) is 13.0. The fourth-order valence-corrected chi connectivity index (χ4v) is 6.13. The van der Waals surface area contributed by atoms with E-state index < -0.39 is 9.84 Å². The first-order valence-electron chi connectivity index (χ1n) is 10.8. The number of carbonyl (C=O) groups is 1. The Morgan fingerprint density at radius 1 is 1.16 bits per heavy atom. The fraction of sp³-hybridized carbons (Fsp3) is 0.400. The van der Waals surface area contributed by atoms with Crippen LogP contribution in [-0.4, -0.2) is 36.8 Å². The van der Waals surface area contributed by atoms with Crippen LogP contribution in [0.4, 0.5) is 0 Å². The number of amides is 1. The minimum atomic E-state index is -3.14. The van der Waals surface area contributed by atoms with Crippen LogP contribution in [0, 0.1) is 0 Å². The highest BCUT2D eigenvalue weighted by Gasteiger charge is 2.35. The summed E-state index contributed by atoms with van der Waals surface area (Å²) in [5.41, 5.74) is 3.48. The van der Waals surface area contributed by atoms with Crippen molar-refractivity contribution in [2.24, 2.45) is 0 Å². The molecule has 0 radical (unpaired) electrons. The first kappa shape index (κ1) is 22.9. The van der Waals surface area contributed by atoms with Gasteiger partial charge in [-0.15, -0.1) is 0 Å². The highest BCUT2D eigenvalue weighted by Crippen LogP contribution is 2.30. The second-order valence-corrected chi connectivity index (χ2v) is 12.2. The lowest BCUT2D eigenvalue weighted by Gasteiger charge is -2.29. The molecule has 7 heteroatoms. The Morgan fingerprint density at radius 2 is 1.91 bits per heavy atom. The molecule has 1 saturated heterocycles. The molecule has 1 atom stereocenters. The van der Waals surface area contributed by atoms with Gasteiger partial charge < -0.3 is 9.32 Å². The molecule has 3 aromatic rings. The summed E-state index contributed by atoms with van der Waals surface area (Å²) in [6.07, 6.45) is 2.22. The van der Waals surface area contributed by atoms with Crippen molar-refractivity contribution in [2.75, 3.05) is 11.5 Å². The van der Waals surface area contributed by atoms with E-state index in [2.05, 4.69) is 26.8 Å². The molecule has 1 fully saturated rings. The van der Waals surface area contributed by atoms with Crippen LogP contribution in [0.5, 0.6) is 0 Å². The topological polar surface area (TPSA) is 67.6 Å². The van der Waals surface area contributed by atoms with E-state index >= 15 is 0 Å². The molecule has 1 aliphatic rings. The van der Waals surface area contributed by atoms with Gasteiger partial charge in [-0.05, 0) is 41.2 Å². The third kappa shape index (κ3) is 4.86. The van der Waals surface area contributed by atoms with Gasteiger partial charge in [-0.25, -0.2) is 8.42 Å². The van der Waals surface area contributed by atoms with Crippen molar-refractivity contribution in [3.63, 3.8) is 0 Å². The molecule has 0 aliphatic carbocycles. The lowest BCUT2D eigenvalue weighted by Crippen LogP contribution is -2.41. The minimum absolute atomic E-state index is 0.0104. The zero-order valence-electron chi connectivity index (χ0n) is 18.6. The molecule has 0 saturated carbocycles. The summed E-state index contributed by atoms with van der Waals surface area (Å²) < 4.78 is 30.0. The van der Waals surface area contributed by atoms with Crippen LogP contribution in [0.25, 0.3) is 11.0 Å². The van der Waals surface area contributed by atoms with Crippen molar-refractivity contribution in [2.45, 2.75) is 51.6 Å². The average Bonchev–Trinajstić information content (AvgIpc) is 3.29. The number of furan rings is 1. The molecule has 0 N–H and O–H groups in total. The fourth-order valence-electron chi connectivity index (χ4n) is 4.20. The van der Waals surface area contributed by atoms with Crippen molar-refractivity contribution in [3.8, 4) is 0 Å². The van der Waals surface area contributed by atoms with Crippen molar-refractivity contribution in [1.29, 1.82) is 0 Å². The van der Waals surface area contributed by atoms with Gasteiger partial charge in [0, 0.05) is 28.6 Å². The average molecular weight is 474 g/mol. The van der Waals surface area contributed by atoms with Crippen molar-refractivity contribution in [3.05, 3.63) is 70.4 Å². The standard InChI is InChI=1S/C25H28ClNO4S/c1-25(2,3)19-8-9-23-21(13-19)18(15-31-23)12-24(28)27(20-10-11-32(29,30)16-20)14-17-6-4-5-7-22(17)26/h4-9,13,15,20H,10-12,14,16H2,1-3H3. The number of hydrogen-bond acceptors (Lipinski definition) is 4. The van der Waals surface area contributed by atoms with E-state index in [1.807, 2.05) is 30.3 Å². The SMILES string of the molecule is CC(C)(C)c1ccc2occ(CC(=O)N(Cc3ccccc3Cl)C3CCS(=O)(=O)C3)c2c1. The predicted octanol–water partition coefficient (Wildman–Crippen LogP) is 5.14. The van der Waals surface area contributed by atoms with Crippen LogP contribution < -0.4 is 0 Å². The lowest BCUT2D eigenvalue weighted by atomic mass is 9.86. The predicted molar refractivity (Wildman–Crippen MR) is 128 cm³/mol. The summed E-state index contributed by atoms with van der Waals surface area (Å²) in [7, 11) is -3.14. The van der Waals surface area contributed by atoms with Gasteiger partial charge in [0.05, 0.1) is 24.2 Å². The van der Waals surface area contributed by atoms with Crippen molar-refractivity contribution >= 4 is 38.3 Å². The number of hydrogen-bond donors (Lipinski definition) is 0. The Balaban J connectivity index is 1.65. The summed E-state index contributed by atoms with van der Waals surface area (Å²) in [6.45, 7) is 6.71. The van der Waals surface area contributed by atoms with Gasteiger partial charge in [0.15, 0.2) is 9.84 Å². The molecular weight excluding hydrogens is 446 g/mol. The van der Waals surface area contributed by atoms with E-state index in [9.17, 15) is 13.2 Å². The summed E-state index contributed by atoms with van der Waals surface area (Å²) in [6, 6.07) is 13.1. The van der Waals surface area contributed by atoms with E-state index in [4.69, 9.17) is 16.0 Å². The zero-order chi connectivity index (χ0) is 23.1. The molecular formula is C25H28ClNO4S. The van der Waals surface area contributed by atoms with Gasteiger partial charge in [0.1, 0.15) is 5.58 Å². The number of fused-ring (bicyclic) bond motifs is 1. The molecule has 170 valence electrons. The van der Waals surface area contributed by atoms with Crippen LogP contribution in [-0.2, 0) is 33.0 Å². The lowest BCUT2D eigenvalue weighted by molar-refractivity contribution is -0.133. The normalized spacial score (nSPS) is 18.2. The molecule has 0 bridgehead atoms. The maximum Gasteiger partial charge on any atom is 0.227 e. The maximum atomic E-state index is 13.5.